The zero-order chi connectivity index (χ0) is 19.1. The van der Waals surface area contributed by atoms with Gasteiger partial charge in [-0.15, -0.1) is 0 Å². The molecule has 1 amide bonds. The molecule has 0 radical (unpaired) electrons. The Bertz CT molecular complexity index is 907. The van der Waals surface area contributed by atoms with Crippen molar-refractivity contribution in [1.82, 2.24) is 5.32 Å². The molecule has 138 valence electrons. The number of carbonyl (C=O) groups is 1. The van der Waals surface area contributed by atoms with Crippen molar-refractivity contribution in [2.24, 2.45) is 0 Å². The number of methoxy groups -OCH3 is 1. The summed E-state index contributed by atoms with van der Waals surface area (Å²) in [6, 6.07) is 22.5. The Morgan fingerprint density at radius 2 is 1.81 bits per heavy atom. The molecular weight excluding hydrogens is 338 g/mol. The average Bonchev–Trinajstić information content (AvgIpc) is 2.71. The van der Waals surface area contributed by atoms with E-state index in [1.54, 1.807) is 19.2 Å². The molecule has 0 saturated heterocycles. The molecule has 0 aliphatic carbocycles. The highest BCUT2D eigenvalue weighted by molar-refractivity contribution is 6.01. The van der Waals surface area contributed by atoms with Crippen LogP contribution in [0.5, 0.6) is 11.5 Å². The number of rotatable bonds is 7. The number of hydrogen-bond acceptors (Lipinski definition) is 3. The van der Waals surface area contributed by atoms with E-state index in [4.69, 9.17) is 4.74 Å². The topological polar surface area (TPSA) is 58.6 Å². The molecule has 4 heteroatoms. The first-order chi connectivity index (χ1) is 13.2. The monoisotopic (exact) mass is 361 g/mol. The van der Waals surface area contributed by atoms with Gasteiger partial charge in [-0.1, -0.05) is 42.5 Å². The van der Waals surface area contributed by atoms with E-state index in [0.717, 1.165) is 29.7 Å². The first kappa shape index (κ1) is 18.5. The van der Waals surface area contributed by atoms with Gasteiger partial charge in [-0.25, -0.2) is 0 Å². The van der Waals surface area contributed by atoms with Crippen molar-refractivity contribution in [2.75, 3.05) is 13.7 Å². The zero-order valence-electron chi connectivity index (χ0n) is 15.3. The number of carbonyl (C=O) groups excluding carboxylic acids is 1. The van der Waals surface area contributed by atoms with Crippen LogP contribution in [0.1, 0.15) is 22.3 Å². The Balaban J connectivity index is 1.71. The summed E-state index contributed by atoms with van der Waals surface area (Å²) in [7, 11) is 1.61. The number of aryl methyl sites for hydroxylation is 1. The van der Waals surface area contributed by atoms with E-state index in [2.05, 4.69) is 17.4 Å². The van der Waals surface area contributed by atoms with Gasteiger partial charge in [-0.2, -0.15) is 0 Å². The van der Waals surface area contributed by atoms with Gasteiger partial charge in [0.05, 0.1) is 12.7 Å². The van der Waals surface area contributed by atoms with Gasteiger partial charge in [-0.05, 0) is 59.9 Å². The zero-order valence-corrected chi connectivity index (χ0v) is 15.3. The fraction of sp³-hybridized carbons (Fsp3) is 0.174. The summed E-state index contributed by atoms with van der Waals surface area (Å²) < 4.78 is 5.27. The maximum atomic E-state index is 12.7. The highest BCUT2D eigenvalue weighted by atomic mass is 16.5. The van der Waals surface area contributed by atoms with Gasteiger partial charge < -0.3 is 15.2 Å². The Morgan fingerprint density at radius 1 is 1.00 bits per heavy atom. The van der Waals surface area contributed by atoms with Crippen LogP contribution in [0.3, 0.4) is 0 Å². The summed E-state index contributed by atoms with van der Waals surface area (Å²) in [6.45, 7) is 0.570. The van der Waals surface area contributed by atoms with Crippen LogP contribution in [0.2, 0.25) is 0 Å². The smallest absolute Gasteiger partial charge is 0.252 e. The van der Waals surface area contributed by atoms with Crippen LogP contribution in [0, 0.1) is 0 Å². The molecule has 3 aromatic carbocycles. The lowest BCUT2D eigenvalue weighted by molar-refractivity contribution is 0.0953. The fourth-order valence-electron chi connectivity index (χ4n) is 3.00. The quantitative estimate of drug-likeness (QED) is 0.612. The van der Waals surface area contributed by atoms with Crippen LogP contribution in [0.4, 0.5) is 0 Å². The third-order valence-electron chi connectivity index (χ3n) is 4.40. The average molecular weight is 361 g/mol. The molecular formula is C23H23NO3. The number of hydrogen-bond donors (Lipinski definition) is 2. The molecule has 27 heavy (non-hydrogen) atoms. The number of ether oxygens (including phenoxy) is 1. The Hall–Kier alpha value is -3.27. The second-order valence-electron chi connectivity index (χ2n) is 6.31. The van der Waals surface area contributed by atoms with Gasteiger partial charge in [0.1, 0.15) is 11.5 Å². The highest BCUT2D eigenvalue weighted by Crippen LogP contribution is 2.29. The number of benzene rings is 3. The molecule has 0 fully saturated rings. The van der Waals surface area contributed by atoms with E-state index < -0.39 is 0 Å². The summed E-state index contributed by atoms with van der Waals surface area (Å²) in [5.74, 6) is 0.586. The lowest BCUT2D eigenvalue weighted by Gasteiger charge is -2.12. The van der Waals surface area contributed by atoms with Crippen LogP contribution in [0.15, 0.2) is 72.8 Å². The minimum absolute atomic E-state index is 0.0658. The van der Waals surface area contributed by atoms with E-state index in [-0.39, 0.29) is 11.7 Å². The molecule has 4 nitrogen and oxygen atoms in total. The second-order valence-corrected chi connectivity index (χ2v) is 6.31. The van der Waals surface area contributed by atoms with Crippen LogP contribution in [-0.4, -0.2) is 24.7 Å². The summed E-state index contributed by atoms with van der Waals surface area (Å²) >= 11 is 0. The molecule has 0 spiro atoms. The fourth-order valence-corrected chi connectivity index (χ4v) is 3.00. The van der Waals surface area contributed by atoms with Gasteiger partial charge in [0.15, 0.2) is 0 Å². The molecule has 0 aliphatic rings. The summed E-state index contributed by atoms with van der Waals surface area (Å²) in [4.78, 5) is 12.7. The molecule has 0 heterocycles. The van der Waals surface area contributed by atoms with Crippen LogP contribution < -0.4 is 10.1 Å². The molecule has 0 bridgehead atoms. The van der Waals surface area contributed by atoms with E-state index in [1.807, 2.05) is 42.5 Å². The van der Waals surface area contributed by atoms with Crippen LogP contribution >= 0.6 is 0 Å². The minimum Gasteiger partial charge on any atom is -0.508 e. The SMILES string of the molecule is COc1cccc(-c2ccc(O)cc2C(=O)NCCCc2ccccc2)c1. The molecule has 0 saturated carbocycles. The van der Waals surface area contributed by atoms with Crippen LogP contribution in [-0.2, 0) is 6.42 Å². The van der Waals surface area contributed by atoms with Crippen LogP contribution in [0.25, 0.3) is 11.1 Å². The molecule has 0 atom stereocenters. The van der Waals surface area contributed by atoms with E-state index in [9.17, 15) is 9.90 Å². The van der Waals surface area contributed by atoms with E-state index >= 15 is 0 Å². The third-order valence-corrected chi connectivity index (χ3v) is 4.40. The normalized spacial score (nSPS) is 10.4. The summed E-state index contributed by atoms with van der Waals surface area (Å²) in [5.41, 5.74) is 3.32. The lowest BCUT2D eigenvalue weighted by Crippen LogP contribution is -2.25. The maximum absolute atomic E-state index is 12.7. The second kappa shape index (κ2) is 8.90. The first-order valence-electron chi connectivity index (χ1n) is 8.97. The van der Waals surface area contributed by atoms with Crippen molar-refractivity contribution in [1.29, 1.82) is 0 Å². The third kappa shape index (κ3) is 4.88. The predicted octanol–water partition coefficient (Wildman–Crippen LogP) is 4.43. The number of nitrogens with one attached hydrogen (secondary N) is 1. The maximum Gasteiger partial charge on any atom is 0.252 e. The predicted molar refractivity (Wildman–Crippen MR) is 107 cm³/mol. The molecule has 3 rings (SSSR count). The minimum atomic E-state index is -0.197. The van der Waals surface area contributed by atoms with Gasteiger partial charge >= 0.3 is 0 Å². The molecule has 2 N–H and O–H groups in total. The van der Waals surface area contributed by atoms with Crippen molar-refractivity contribution >= 4 is 5.91 Å². The standard InChI is InChI=1S/C23H23NO3/c1-27-20-11-5-10-18(15-20)21-13-12-19(25)16-22(21)23(26)24-14-6-9-17-7-3-2-4-8-17/h2-5,7-8,10-13,15-16,25H,6,9,14H2,1H3,(H,24,26). The summed E-state index contributed by atoms with van der Waals surface area (Å²) in [5, 5.41) is 12.8. The Morgan fingerprint density at radius 3 is 2.59 bits per heavy atom. The molecule has 0 unspecified atom stereocenters. The summed E-state index contributed by atoms with van der Waals surface area (Å²) in [6.07, 6.45) is 1.76. The molecule has 0 aromatic heterocycles. The Kier molecular flexibility index (Phi) is 6.10. The van der Waals surface area contributed by atoms with Gasteiger partial charge in [-0.3, -0.25) is 4.79 Å². The first-order valence-corrected chi connectivity index (χ1v) is 8.97. The van der Waals surface area contributed by atoms with E-state index in [1.165, 1.54) is 11.6 Å². The van der Waals surface area contributed by atoms with Crippen molar-refractivity contribution in [3.05, 3.63) is 83.9 Å². The number of amides is 1. The highest BCUT2D eigenvalue weighted by Gasteiger charge is 2.14. The van der Waals surface area contributed by atoms with Gasteiger partial charge in [0, 0.05) is 6.54 Å². The van der Waals surface area contributed by atoms with Crippen molar-refractivity contribution in [3.8, 4) is 22.6 Å². The Labute approximate surface area is 159 Å². The lowest BCUT2D eigenvalue weighted by atomic mass is 9.98. The van der Waals surface area contributed by atoms with Crippen molar-refractivity contribution in [2.45, 2.75) is 12.8 Å². The molecule has 0 aliphatic heterocycles. The van der Waals surface area contributed by atoms with Crippen molar-refractivity contribution < 1.29 is 14.6 Å². The molecule has 3 aromatic rings. The van der Waals surface area contributed by atoms with Crippen molar-refractivity contribution in [3.63, 3.8) is 0 Å². The largest absolute Gasteiger partial charge is 0.508 e. The van der Waals surface area contributed by atoms with Gasteiger partial charge in [0.2, 0.25) is 0 Å². The number of phenolic OH excluding ortho intramolecular Hbond substituents is 1. The number of aromatic hydroxyl groups is 1. The van der Waals surface area contributed by atoms with Gasteiger partial charge in [0.25, 0.3) is 5.91 Å². The van der Waals surface area contributed by atoms with E-state index in [0.29, 0.717) is 12.1 Å². The number of phenols is 1.